The van der Waals surface area contributed by atoms with Gasteiger partial charge < -0.3 is 0 Å². The Kier molecular flexibility index (Phi) is 5.41. The van der Waals surface area contributed by atoms with E-state index in [1.165, 1.54) is 12.1 Å². The lowest BCUT2D eigenvalue weighted by Crippen LogP contribution is -2.14. The molecular formula is C12H15BrN2O4. The molecule has 0 aliphatic rings. The summed E-state index contributed by atoms with van der Waals surface area (Å²) < 4.78 is 0. The minimum absolute atomic E-state index is 0.180. The van der Waals surface area contributed by atoms with E-state index in [0.717, 1.165) is 12.5 Å². The van der Waals surface area contributed by atoms with Gasteiger partial charge in [-0.3, -0.25) is 20.2 Å². The van der Waals surface area contributed by atoms with Crippen molar-refractivity contribution in [1.29, 1.82) is 0 Å². The number of hydrogen-bond acceptors (Lipinski definition) is 4. The molecule has 0 amide bonds. The van der Waals surface area contributed by atoms with Gasteiger partial charge in [0, 0.05) is 16.5 Å². The summed E-state index contributed by atoms with van der Waals surface area (Å²) in [6.07, 6.45) is 1.40. The van der Waals surface area contributed by atoms with Crippen LogP contribution in [0.1, 0.15) is 25.8 Å². The molecule has 0 aromatic heterocycles. The first kappa shape index (κ1) is 15.6. The first-order valence-corrected chi connectivity index (χ1v) is 6.84. The van der Waals surface area contributed by atoms with Crippen molar-refractivity contribution in [1.82, 2.24) is 0 Å². The number of hydrogen-bond donors (Lipinski definition) is 0. The zero-order valence-corrected chi connectivity index (χ0v) is 12.3. The third-order valence-corrected chi connectivity index (χ3v) is 3.88. The van der Waals surface area contributed by atoms with Crippen LogP contribution in [-0.4, -0.2) is 14.7 Å². The van der Waals surface area contributed by atoms with Crippen LogP contribution in [-0.2, 0) is 6.42 Å². The van der Waals surface area contributed by atoms with Crippen LogP contribution in [0.25, 0.3) is 0 Å². The quantitative estimate of drug-likeness (QED) is 0.450. The molecule has 0 radical (unpaired) electrons. The number of benzene rings is 1. The molecule has 6 nitrogen and oxygen atoms in total. The lowest BCUT2D eigenvalue weighted by molar-refractivity contribution is -0.394. The van der Waals surface area contributed by atoms with Crippen LogP contribution in [0.3, 0.4) is 0 Å². The lowest BCUT2D eigenvalue weighted by atomic mass is 9.93. The third kappa shape index (κ3) is 3.99. The molecule has 104 valence electrons. The van der Waals surface area contributed by atoms with Crippen molar-refractivity contribution in [2.24, 2.45) is 5.92 Å². The van der Waals surface area contributed by atoms with E-state index in [1.54, 1.807) is 0 Å². The van der Waals surface area contributed by atoms with E-state index in [0.29, 0.717) is 12.0 Å². The molecule has 0 saturated heterocycles. The molecule has 1 aromatic carbocycles. The normalized spacial score (nSPS) is 13.8. The largest absolute Gasteiger partial charge is 0.279 e. The van der Waals surface area contributed by atoms with E-state index in [-0.39, 0.29) is 22.1 Å². The number of nitrogens with zero attached hydrogens (tertiary/aromatic N) is 2. The summed E-state index contributed by atoms with van der Waals surface area (Å²) in [4.78, 5) is 20.7. The fraction of sp³-hybridized carbons (Fsp3) is 0.500. The van der Waals surface area contributed by atoms with Gasteiger partial charge in [0.1, 0.15) is 0 Å². The smallest absolute Gasteiger partial charge is 0.258 e. The van der Waals surface area contributed by atoms with Gasteiger partial charge in [-0.25, -0.2) is 0 Å². The van der Waals surface area contributed by atoms with Crippen molar-refractivity contribution < 1.29 is 9.85 Å². The first-order valence-electron chi connectivity index (χ1n) is 5.92. The predicted molar refractivity (Wildman–Crippen MR) is 75.6 cm³/mol. The fourth-order valence-electron chi connectivity index (χ4n) is 1.92. The molecule has 0 fully saturated rings. The highest BCUT2D eigenvalue weighted by Gasteiger charge is 2.22. The van der Waals surface area contributed by atoms with Gasteiger partial charge in [-0.05, 0) is 18.4 Å². The van der Waals surface area contributed by atoms with Crippen LogP contribution in [0.4, 0.5) is 11.4 Å². The molecule has 0 spiro atoms. The van der Waals surface area contributed by atoms with Crippen molar-refractivity contribution >= 4 is 27.3 Å². The van der Waals surface area contributed by atoms with Gasteiger partial charge in [0.2, 0.25) is 0 Å². The third-order valence-electron chi connectivity index (χ3n) is 3.13. The second-order valence-corrected chi connectivity index (χ2v) is 5.82. The summed E-state index contributed by atoms with van der Waals surface area (Å²) in [5.74, 6) is 0.250. The Hall–Kier alpha value is -1.50. The Bertz CT molecular complexity index is 491. The second-order valence-electron chi connectivity index (χ2n) is 4.38. The maximum absolute atomic E-state index is 11.0. The number of nitro groups is 2. The van der Waals surface area contributed by atoms with Gasteiger partial charge in [0.05, 0.1) is 15.9 Å². The molecule has 1 aromatic rings. The zero-order chi connectivity index (χ0) is 14.6. The van der Waals surface area contributed by atoms with E-state index in [4.69, 9.17) is 0 Å². The highest BCUT2D eigenvalue weighted by molar-refractivity contribution is 9.09. The summed E-state index contributed by atoms with van der Waals surface area (Å²) in [6, 6.07) is 3.82. The highest BCUT2D eigenvalue weighted by atomic mass is 79.9. The van der Waals surface area contributed by atoms with E-state index in [9.17, 15) is 20.2 Å². The van der Waals surface area contributed by atoms with Crippen molar-refractivity contribution in [2.75, 3.05) is 0 Å². The Labute approximate surface area is 119 Å². The average molecular weight is 331 g/mol. The van der Waals surface area contributed by atoms with Crippen LogP contribution in [0.2, 0.25) is 0 Å². The molecule has 2 unspecified atom stereocenters. The highest BCUT2D eigenvalue weighted by Crippen LogP contribution is 2.29. The van der Waals surface area contributed by atoms with Crippen LogP contribution in [0.5, 0.6) is 0 Å². The molecule has 2 atom stereocenters. The topological polar surface area (TPSA) is 86.3 Å². The summed E-state index contributed by atoms with van der Waals surface area (Å²) >= 11 is 3.48. The van der Waals surface area contributed by atoms with Crippen LogP contribution < -0.4 is 0 Å². The van der Waals surface area contributed by atoms with Crippen molar-refractivity contribution in [3.8, 4) is 0 Å². The average Bonchev–Trinajstić information content (AvgIpc) is 2.35. The molecule has 1 rings (SSSR count). The van der Waals surface area contributed by atoms with Gasteiger partial charge in [-0.15, -0.1) is 0 Å². The van der Waals surface area contributed by atoms with E-state index in [1.807, 2.05) is 13.8 Å². The molecule has 0 aliphatic heterocycles. The predicted octanol–water partition coefficient (Wildman–Crippen LogP) is 3.86. The first-order chi connectivity index (χ1) is 8.86. The Morgan fingerprint density at radius 1 is 1.26 bits per heavy atom. The molecule has 0 heterocycles. The number of rotatable bonds is 6. The number of alkyl halides is 1. The van der Waals surface area contributed by atoms with Gasteiger partial charge in [-0.2, -0.15) is 0 Å². The lowest BCUT2D eigenvalue weighted by Gasteiger charge is -2.17. The molecular weight excluding hydrogens is 316 g/mol. The van der Waals surface area contributed by atoms with Gasteiger partial charge in [-0.1, -0.05) is 36.2 Å². The fourth-order valence-corrected chi connectivity index (χ4v) is 2.48. The Morgan fingerprint density at radius 2 is 1.89 bits per heavy atom. The van der Waals surface area contributed by atoms with E-state index >= 15 is 0 Å². The molecule has 0 saturated carbocycles. The maximum Gasteiger partial charge on any atom is 0.279 e. The summed E-state index contributed by atoms with van der Waals surface area (Å²) in [5, 5.41) is 21.7. The summed E-state index contributed by atoms with van der Waals surface area (Å²) in [7, 11) is 0. The molecule has 0 N–H and O–H groups in total. The Balaban J connectivity index is 3.13. The van der Waals surface area contributed by atoms with Crippen molar-refractivity contribution in [2.45, 2.75) is 31.5 Å². The van der Waals surface area contributed by atoms with E-state index < -0.39 is 9.85 Å². The number of nitro benzene ring substituents is 2. The number of halogens is 1. The summed E-state index contributed by atoms with van der Waals surface area (Å²) in [6.45, 7) is 4.00. The van der Waals surface area contributed by atoms with Crippen molar-refractivity contribution in [3.63, 3.8) is 0 Å². The van der Waals surface area contributed by atoms with Gasteiger partial charge >= 0.3 is 0 Å². The van der Waals surface area contributed by atoms with E-state index in [2.05, 4.69) is 15.9 Å². The molecule has 0 aliphatic carbocycles. The zero-order valence-electron chi connectivity index (χ0n) is 10.7. The van der Waals surface area contributed by atoms with Gasteiger partial charge in [0.25, 0.3) is 11.4 Å². The summed E-state index contributed by atoms with van der Waals surface area (Å²) in [5.41, 5.74) is 0.102. The molecule has 19 heavy (non-hydrogen) atoms. The van der Waals surface area contributed by atoms with Crippen LogP contribution in [0.15, 0.2) is 18.2 Å². The minimum Gasteiger partial charge on any atom is -0.258 e. The SMILES string of the molecule is CCC(Cc1ccc([N+](=O)[O-])cc1[N+](=O)[O-])C(C)Br. The van der Waals surface area contributed by atoms with Crippen LogP contribution >= 0.6 is 15.9 Å². The number of non-ortho nitro benzene ring substituents is 1. The molecule has 7 heteroatoms. The Morgan fingerprint density at radius 3 is 2.32 bits per heavy atom. The van der Waals surface area contributed by atoms with Crippen LogP contribution in [0, 0.1) is 26.1 Å². The monoisotopic (exact) mass is 330 g/mol. The van der Waals surface area contributed by atoms with Gasteiger partial charge in [0.15, 0.2) is 0 Å². The molecule has 0 bridgehead atoms. The standard InChI is InChI=1S/C12H15BrN2O4/c1-3-9(8(2)13)6-10-4-5-11(14(16)17)7-12(10)15(18)19/h4-5,7-9H,3,6H2,1-2H3. The minimum atomic E-state index is -0.624. The van der Waals surface area contributed by atoms with Crippen molar-refractivity contribution in [3.05, 3.63) is 44.0 Å². The maximum atomic E-state index is 11.0. The second kappa shape index (κ2) is 6.60.